The fourth-order valence-electron chi connectivity index (χ4n) is 2.75. The maximum atomic E-state index is 12.4. The molecule has 1 atom stereocenters. The van der Waals surface area contributed by atoms with Crippen molar-refractivity contribution in [2.45, 2.75) is 19.9 Å². The van der Waals surface area contributed by atoms with Crippen LogP contribution in [0.15, 0.2) is 40.8 Å². The van der Waals surface area contributed by atoms with Crippen molar-refractivity contribution in [1.82, 2.24) is 5.32 Å². The number of fused-ring (bicyclic) bond motifs is 3. The highest BCUT2D eigenvalue weighted by Gasteiger charge is 2.20. The number of amides is 1. The molecule has 4 nitrogen and oxygen atoms in total. The van der Waals surface area contributed by atoms with Gasteiger partial charge in [0.05, 0.1) is 6.61 Å². The third-order valence-corrected chi connectivity index (χ3v) is 3.83. The van der Waals surface area contributed by atoms with Crippen molar-refractivity contribution in [3.63, 3.8) is 0 Å². The second-order valence-corrected chi connectivity index (χ2v) is 5.55. The number of benzene rings is 2. The molecule has 2 aromatic carbocycles. The van der Waals surface area contributed by atoms with Crippen molar-refractivity contribution in [2.75, 3.05) is 13.7 Å². The zero-order valence-electron chi connectivity index (χ0n) is 13.0. The first kappa shape index (κ1) is 14.6. The molecule has 0 aliphatic carbocycles. The molecule has 0 spiro atoms. The van der Waals surface area contributed by atoms with Crippen LogP contribution in [-0.4, -0.2) is 25.7 Å². The van der Waals surface area contributed by atoms with Crippen LogP contribution < -0.4 is 5.32 Å². The Labute approximate surface area is 129 Å². The number of hydrogen-bond donors (Lipinski definition) is 1. The van der Waals surface area contributed by atoms with Gasteiger partial charge in [-0.1, -0.05) is 36.4 Å². The smallest absolute Gasteiger partial charge is 0.287 e. The number of nitrogens with one attached hydrogen (secondary N) is 1. The maximum Gasteiger partial charge on any atom is 0.287 e. The van der Waals surface area contributed by atoms with Gasteiger partial charge in [-0.3, -0.25) is 4.79 Å². The van der Waals surface area contributed by atoms with Crippen molar-refractivity contribution in [1.29, 1.82) is 0 Å². The van der Waals surface area contributed by atoms with Crippen molar-refractivity contribution >= 4 is 27.6 Å². The number of hydrogen-bond acceptors (Lipinski definition) is 3. The number of methoxy groups -OCH3 is 1. The number of carbonyl (C=O) groups is 1. The first-order valence-corrected chi connectivity index (χ1v) is 7.32. The minimum absolute atomic E-state index is 0.0677. The van der Waals surface area contributed by atoms with E-state index in [-0.39, 0.29) is 11.9 Å². The topological polar surface area (TPSA) is 51.5 Å². The summed E-state index contributed by atoms with van der Waals surface area (Å²) in [5.41, 5.74) is 1.63. The van der Waals surface area contributed by atoms with Crippen LogP contribution in [0.2, 0.25) is 0 Å². The third-order valence-electron chi connectivity index (χ3n) is 3.83. The lowest BCUT2D eigenvalue weighted by molar-refractivity contribution is 0.0879. The molecule has 1 amide bonds. The fourth-order valence-corrected chi connectivity index (χ4v) is 2.75. The van der Waals surface area contributed by atoms with Gasteiger partial charge in [-0.25, -0.2) is 0 Å². The van der Waals surface area contributed by atoms with Gasteiger partial charge in [0.25, 0.3) is 5.91 Å². The molecular formula is C18H19NO3. The van der Waals surface area contributed by atoms with E-state index in [4.69, 9.17) is 9.15 Å². The summed E-state index contributed by atoms with van der Waals surface area (Å²) in [6.07, 6.45) is 0. The highest BCUT2D eigenvalue weighted by atomic mass is 16.5. The standard InChI is InChI=1S/C18H19NO3/c1-11(10-21-3)19-18(20)16-12(2)14-9-8-13-6-4-5-7-15(13)17(14)22-16/h4-9,11H,10H2,1-3H3,(H,19,20). The van der Waals surface area contributed by atoms with Gasteiger partial charge in [0.15, 0.2) is 5.76 Å². The SMILES string of the molecule is COCC(C)NC(=O)c1oc2c(ccc3ccccc32)c1C. The first-order chi connectivity index (χ1) is 10.6. The highest BCUT2D eigenvalue weighted by Crippen LogP contribution is 2.31. The highest BCUT2D eigenvalue weighted by molar-refractivity contribution is 6.08. The molecule has 1 N–H and O–H groups in total. The lowest BCUT2D eigenvalue weighted by Crippen LogP contribution is -2.35. The van der Waals surface area contributed by atoms with E-state index in [0.29, 0.717) is 12.4 Å². The van der Waals surface area contributed by atoms with Gasteiger partial charge in [-0.2, -0.15) is 0 Å². The van der Waals surface area contributed by atoms with Crippen molar-refractivity contribution in [2.24, 2.45) is 0 Å². The van der Waals surface area contributed by atoms with Gasteiger partial charge in [0.2, 0.25) is 0 Å². The van der Waals surface area contributed by atoms with Gasteiger partial charge in [0, 0.05) is 29.5 Å². The lowest BCUT2D eigenvalue weighted by Gasteiger charge is -2.11. The zero-order valence-corrected chi connectivity index (χ0v) is 13.0. The Kier molecular flexibility index (Phi) is 3.86. The van der Waals surface area contributed by atoms with Crippen LogP contribution in [0.1, 0.15) is 23.0 Å². The summed E-state index contributed by atoms with van der Waals surface area (Å²) in [6, 6.07) is 12.0. The van der Waals surface area contributed by atoms with E-state index < -0.39 is 0 Å². The summed E-state index contributed by atoms with van der Waals surface area (Å²) in [5, 5.41) is 5.99. The molecule has 0 aliphatic heterocycles. The Morgan fingerprint density at radius 1 is 1.23 bits per heavy atom. The summed E-state index contributed by atoms with van der Waals surface area (Å²) in [4.78, 5) is 12.4. The molecule has 1 heterocycles. The fraction of sp³-hybridized carbons (Fsp3) is 0.278. The van der Waals surface area contributed by atoms with Crippen LogP contribution in [0.5, 0.6) is 0 Å². The number of rotatable bonds is 4. The van der Waals surface area contributed by atoms with E-state index in [0.717, 1.165) is 27.3 Å². The molecule has 3 rings (SSSR count). The predicted octanol–water partition coefficient (Wildman–Crippen LogP) is 3.66. The molecule has 22 heavy (non-hydrogen) atoms. The van der Waals surface area contributed by atoms with Crippen molar-refractivity contribution in [3.8, 4) is 0 Å². The molecule has 1 aromatic heterocycles. The molecule has 0 fully saturated rings. The first-order valence-electron chi connectivity index (χ1n) is 7.32. The maximum absolute atomic E-state index is 12.4. The molecule has 3 aromatic rings. The van der Waals surface area contributed by atoms with Crippen LogP contribution in [0.25, 0.3) is 21.7 Å². The van der Waals surface area contributed by atoms with Gasteiger partial charge in [0.1, 0.15) is 5.58 Å². The van der Waals surface area contributed by atoms with Crippen LogP contribution in [0.4, 0.5) is 0 Å². The molecule has 0 saturated heterocycles. The van der Waals surface area contributed by atoms with Crippen LogP contribution in [0, 0.1) is 6.92 Å². The summed E-state index contributed by atoms with van der Waals surface area (Å²) in [6.45, 7) is 4.28. The molecule has 4 heteroatoms. The van der Waals surface area contributed by atoms with E-state index in [9.17, 15) is 4.79 Å². The zero-order chi connectivity index (χ0) is 15.7. The quantitative estimate of drug-likeness (QED) is 0.799. The third kappa shape index (κ3) is 2.46. The van der Waals surface area contributed by atoms with E-state index in [1.807, 2.05) is 44.2 Å². The monoisotopic (exact) mass is 297 g/mol. The molecule has 0 aliphatic rings. The number of ether oxygens (including phenoxy) is 1. The Hall–Kier alpha value is -2.33. The van der Waals surface area contributed by atoms with Crippen molar-refractivity contribution < 1.29 is 13.9 Å². The number of furan rings is 1. The van der Waals surface area contributed by atoms with Gasteiger partial charge >= 0.3 is 0 Å². The summed E-state index contributed by atoms with van der Waals surface area (Å²) in [7, 11) is 1.61. The molecule has 0 saturated carbocycles. The Morgan fingerprint density at radius 3 is 2.77 bits per heavy atom. The Balaban J connectivity index is 2.06. The molecule has 0 radical (unpaired) electrons. The predicted molar refractivity (Wildman–Crippen MR) is 87.3 cm³/mol. The molecule has 0 bridgehead atoms. The average Bonchev–Trinajstić information content (AvgIpc) is 2.85. The minimum Gasteiger partial charge on any atom is -0.450 e. The second kappa shape index (κ2) is 5.81. The summed E-state index contributed by atoms with van der Waals surface area (Å²) < 4.78 is 10.9. The normalized spacial score (nSPS) is 12.7. The molecular weight excluding hydrogens is 278 g/mol. The number of carbonyl (C=O) groups excluding carboxylic acids is 1. The van der Waals surface area contributed by atoms with Crippen LogP contribution in [0.3, 0.4) is 0 Å². The minimum atomic E-state index is -0.206. The molecule has 114 valence electrons. The van der Waals surface area contributed by atoms with Gasteiger partial charge < -0.3 is 14.5 Å². The van der Waals surface area contributed by atoms with Gasteiger partial charge in [-0.05, 0) is 19.2 Å². The lowest BCUT2D eigenvalue weighted by atomic mass is 10.1. The van der Waals surface area contributed by atoms with Crippen LogP contribution in [-0.2, 0) is 4.74 Å². The molecule has 1 unspecified atom stereocenters. The Bertz CT molecular complexity index is 835. The summed E-state index contributed by atoms with van der Waals surface area (Å²) >= 11 is 0. The summed E-state index contributed by atoms with van der Waals surface area (Å²) in [5.74, 6) is 0.164. The van der Waals surface area contributed by atoms with E-state index in [2.05, 4.69) is 11.4 Å². The van der Waals surface area contributed by atoms with E-state index in [1.54, 1.807) is 7.11 Å². The van der Waals surface area contributed by atoms with E-state index in [1.165, 1.54) is 0 Å². The number of aryl methyl sites for hydroxylation is 1. The second-order valence-electron chi connectivity index (χ2n) is 5.55. The van der Waals surface area contributed by atoms with Crippen molar-refractivity contribution in [3.05, 3.63) is 47.7 Å². The largest absolute Gasteiger partial charge is 0.450 e. The average molecular weight is 297 g/mol. The van der Waals surface area contributed by atoms with E-state index >= 15 is 0 Å². The van der Waals surface area contributed by atoms with Gasteiger partial charge in [-0.15, -0.1) is 0 Å². The van der Waals surface area contributed by atoms with Crippen LogP contribution >= 0.6 is 0 Å². The Morgan fingerprint density at radius 2 is 2.00 bits per heavy atom.